The summed E-state index contributed by atoms with van der Waals surface area (Å²) in [5.74, 6) is 0.641. The van der Waals surface area contributed by atoms with Crippen LogP contribution in [0.3, 0.4) is 0 Å². The van der Waals surface area contributed by atoms with Gasteiger partial charge < -0.3 is 15.0 Å². The maximum absolute atomic E-state index is 12.2. The highest BCUT2D eigenvalue weighted by molar-refractivity contribution is 5.68. The standard InChI is InChI=1S/C14H26N6O2/c1-10(15-9-12-16-18-19-17-12)8-11-6-5-7-20(11)13(21)22-14(2,3)4/h10-11,15H,5-9H2,1-4H3,(H,16,17,18,19). The number of likely N-dealkylation sites (tertiary alicyclic amines) is 1. The molecule has 0 bridgehead atoms. The number of rotatable bonds is 5. The molecule has 22 heavy (non-hydrogen) atoms. The lowest BCUT2D eigenvalue weighted by Crippen LogP contribution is -2.42. The summed E-state index contributed by atoms with van der Waals surface area (Å²) in [6, 6.07) is 0.481. The fourth-order valence-electron chi connectivity index (χ4n) is 2.66. The zero-order chi connectivity index (χ0) is 16.2. The van der Waals surface area contributed by atoms with Crippen LogP contribution in [0.4, 0.5) is 4.79 Å². The first-order valence-corrected chi connectivity index (χ1v) is 7.80. The number of nitrogens with one attached hydrogen (secondary N) is 2. The molecule has 0 aromatic carbocycles. The van der Waals surface area contributed by atoms with Gasteiger partial charge in [0.1, 0.15) is 5.60 Å². The molecular weight excluding hydrogens is 284 g/mol. The van der Waals surface area contributed by atoms with Gasteiger partial charge in [0, 0.05) is 18.6 Å². The van der Waals surface area contributed by atoms with Crippen molar-refractivity contribution in [2.75, 3.05) is 6.54 Å². The molecule has 0 aliphatic carbocycles. The monoisotopic (exact) mass is 310 g/mol. The Hall–Kier alpha value is -1.70. The van der Waals surface area contributed by atoms with E-state index in [0.717, 1.165) is 25.8 Å². The average Bonchev–Trinajstić information content (AvgIpc) is 3.05. The molecule has 2 heterocycles. The van der Waals surface area contributed by atoms with Crippen molar-refractivity contribution in [2.45, 2.75) is 71.2 Å². The molecule has 1 fully saturated rings. The SMILES string of the molecule is CC(CC1CCCN1C(=O)OC(C)(C)C)NCc1nn[nH]n1. The Morgan fingerprint density at radius 3 is 2.95 bits per heavy atom. The largest absolute Gasteiger partial charge is 0.444 e. The summed E-state index contributed by atoms with van der Waals surface area (Å²) in [6.07, 6.45) is 2.73. The topological polar surface area (TPSA) is 96.0 Å². The third-order valence-corrected chi connectivity index (χ3v) is 3.63. The number of ether oxygens (including phenoxy) is 1. The van der Waals surface area contributed by atoms with E-state index in [0.29, 0.717) is 12.4 Å². The van der Waals surface area contributed by atoms with Crippen molar-refractivity contribution in [1.82, 2.24) is 30.8 Å². The van der Waals surface area contributed by atoms with Crippen LogP contribution in [0.25, 0.3) is 0 Å². The number of aromatic amines is 1. The third kappa shape index (κ3) is 4.94. The molecule has 1 aliphatic heterocycles. The Bertz CT molecular complexity index is 470. The van der Waals surface area contributed by atoms with E-state index in [1.807, 2.05) is 25.7 Å². The van der Waals surface area contributed by atoms with E-state index in [1.54, 1.807) is 0 Å². The number of aromatic nitrogens is 4. The quantitative estimate of drug-likeness (QED) is 0.855. The Morgan fingerprint density at radius 2 is 2.32 bits per heavy atom. The molecule has 2 rings (SSSR count). The van der Waals surface area contributed by atoms with Gasteiger partial charge in [-0.15, -0.1) is 10.2 Å². The van der Waals surface area contributed by atoms with Crippen LogP contribution < -0.4 is 5.32 Å². The number of tetrazole rings is 1. The summed E-state index contributed by atoms with van der Waals surface area (Å²) < 4.78 is 5.49. The highest BCUT2D eigenvalue weighted by atomic mass is 16.6. The van der Waals surface area contributed by atoms with Gasteiger partial charge in [0.05, 0.1) is 6.54 Å². The number of carbonyl (C=O) groups excluding carboxylic acids is 1. The van der Waals surface area contributed by atoms with Gasteiger partial charge in [-0.25, -0.2) is 4.79 Å². The molecule has 0 radical (unpaired) electrons. The predicted molar refractivity (Wildman–Crippen MR) is 81.1 cm³/mol. The number of hydrogen-bond donors (Lipinski definition) is 2. The van der Waals surface area contributed by atoms with E-state index in [2.05, 4.69) is 32.9 Å². The van der Waals surface area contributed by atoms with Crippen LogP contribution in [0.2, 0.25) is 0 Å². The van der Waals surface area contributed by atoms with Crippen molar-refractivity contribution in [3.8, 4) is 0 Å². The average molecular weight is 310 g/mol. The van der Waals surface area contributed by atoms with E-state index >= 15 is 0 Å². The summed E-state index contributed by atoms with van der Waals surface area (Å²) in [5.41, 5.74) is -0.452. The molecular formula is C14H26N6O2. The first kappa shape index (κ1) is 16.7. The smallest absolute Gasteiger partial charge is 0.410 e. The number of H-pyrrole nitrogens is 1. The number of nitrogens with zero attached hydrogens (tertiary/aromatic N) is 4. The summed E-state index contributed by atoms with van der Waals surface area (Å²) in [6.45, 7) is 9.13. The first-order chi connectivity index (χ1) is 10.3. The molecule has 1 amide bonds. The minimum absolute atomic E-state index is 0.208. The molecule has 8 nitrogen and oxygen atoms in total. The molecule has 1 saturated heterocycles. The Labute approximate surface area is 131 Å². The molecule has 0 spiro atoms. The molecule has 8 heteroatoms. The Morgan fingerprint density at radius 1 is 1.55 bits per heavy atom. The Kier molecular flexibility index (Phi) is 5.33. The predicted octanol–water partition coefficient (Wildman–Crippen LogP) is 1.47. The second-order valence-corrected chi connectivity index (χ2v) is 6.82. The molecule has 2 unspecified atom stereocenters. The summed E-state index contributed by atoms with van der Waals surface area (Å²) >= 11 is 0. The van der Waals surface area contributed by atoms with Gasteiger partial charge in [0.2, 0.25) is 0 Å². The number of hydrogen-bond acceptors (Lipinski definition) is 6. The summed E-state index contributed by atoms with van der Waals surface area (Å²) in [4.78, 5) is 14.1. The summed E-state index contributed by atoms with van der Waals surface area (Å²) in [7, 11) is 0. The van der Waals surface area contributed by atoms with Crippen LogP contribution in [0.5, 0.6) is 0 Å². The van der Waals surface area contributed by atoms with Crippen LogP contribution in [0.1, 0.15) is 52.8 Å². The third-order valence-electron chi connectivity index (χ3n) is 3.63. The lowest BCUT2D eigenvalue weighted by molar-refractivity contribution is 0.0214. The molecule has 1 aliphatic rings. The number of amides is 1. The van der Waals surface area contributed by atoms with Gasteiger partial charge in [-0.1, -0.05) is 5.21 Å². The zero-order valence-corrected chi connectivity index (χ0v) is 13.8. The highest BCUT2D eigenvalue weighted by Crippen LogP contribution is 2.24. The lowest BCUT2D eigenvalue weighted by atomic mass is 10.1. The van der Waals surface area contributed by atoms with E-state index in [-0.39, 0.29) is 18.2 Å². The van der Waals surface area contributed by atoms with Gasteiger partial charge in [-0.05, 0) is 47.0 Å². The fourth-order valence-corrected chi connectivity index (χ4v) is 2.66. The summed E-state index contributed by atoms with van der Waals surface area (Å²) in [5, 5.41) is 17.1. The second-order valence-electron chi connectivity index (χ2n) is 6.82. The number of carbonyl (C=O) groups is 1. The molecule has 1 aromatic heterocycles. The van der Waals surface area contributed by atoms with Gasteiger partial charge in [0.25, 0.3) is 0 Å². The van der Waals surface area contributed by atoms with Crippen molar-refractivity contribution in [1.29, 1.82) is 0 Å². The van der Waals surface area contributed by atoms with Crippen molar-refractivity contribution >= 4 is 6.09 Å². The molecule has 1 aromatic rings. The maximum Gasteiger partial charge on any atom is 0.410 e. The van der Waals surface area contributed by atoms with E-state index in [4.69, 9.17) is 4.74 Å². The van der Waals surface area contributed by atoms with Crippen LogP contribution in [-0.2, 0) is 11.3 Å². The second kappa shape index (κ2) is 7.04. The van der Waals surface area contributed by atoms with Gasteiger partial charge in [-0.3, -0.25) is 0 Å². The van der Waals surface area contributed by atoms with E-state index < -0.39 is 5.60 Å². The zero-order valence-electron chi connectivity index (χ0n) is 13.8. The van der Waals surface area contributed by atoms with Gasteiger partial charge in [-0.2, -0.15) is 5.21 Å². The van der Waals surface area contributed by atoms with Crippen LogP contribution >= 0.6 is 0 Å². The molecule has 2 atom stereocenters. The lowest BCUT2D eigenvalue weighted by Gasteiger charge is -2.30. The maximum atomic E-state index is 12.2. The minimum Gasteiger partial charge on any atom is -0.444 e. The molecule has 2 N–H and O–H groups in total. The van der Waals surface area contributed by atoms with Gasteiger partial charge >= 0.3 is 6.09 Å². The van der Waals surface area contributed by atoms with Crippen LogP contribution in [0, 0.1) is 0 Å². The first-order valence-electron chi connectivity index (χ1n) is 7.80. The van der Waals surface area contributed by atoms with E-state index in [1.165, 1.54) is 0 Å². The van der Waals surface area contributed by atoms with Crippen molar-refractivity contribution < 1.29 is 9.53 Å². The fraction of sp³-hybridized carbons (Fsp3) is 0.857. The van der Waals surface area contributed by atoms with Crippen molar-refractivity contribution in [3.63, 3.8) is 0 Å². The van der Waals surface area contributed by atoms with Gasteiger partial charge in [0.15, 0.2) is 5.82 Å². The highest BCUT2D eigenvalue weighted by Gasteiger charge is 2.32. The molecule has 0 saturated carbocycles. The molecule has 124 valence electrons. The van der Waals surface area contributed by atoms with Crippen LogP contribution in [-0.4, -0.2) is 55.8 Å². The van der Waals surface area contributed by atoms with Crippen molar-refractivity contribution in [2.24, 2.45) is 0 Å². The van der Waals surface area contributed by atoms with E-state index in [9.17, 15) is 4.79 Å². The normalized spacial score (nSPS) is 20.2. The minimum atomic E-state index is -0.452. The van der Waals surface area contributed by atoms with Crippen molar-refractivity contribution in [3.05, 3.63) is 5.82 Å². The van der Waals surface area contributed by atoms with Crippen LogP contribution in [0.15, 0.2) is 0 Å². The Balaban J connectivity index is 1.81.